The van der Waals surface area contributed by atoms with Crippen LogP contribution in [0.3, 0.4) is 0 Å². The smallest absolute Gasteiger partial charge is 0.328 e. The van der Waals surface area contributed by atoms with Crippen LogP contribution in [0.25, 0.3) is 0 Å². The highest BCUT2D eigenvalue weighted by Gasteiger charge is 2.38. The fourth-order valence-corrected chi connectivity index (χ4v) is 3.77. The van der Waals surface area contributed by atoms with Gasteiger partial charge in [-0.25, -0.2) is 4.79 Å². The molecule has 0 aliphatic carbocycles. The summed E-state index contributed by atoms with van der Waals surface area (Å²) in [6, 6.07) is 1.66. The van der Waals surface area contributed by atoms with Crippen molar-refractivity contribution in [2.24, 2.45) is 11.7 Å². The highest BCUT2D eigenvalue weighted by molar-refractivity contribution is 5.94. The first-order valence-electron chi connectivity index (χ1n) is 11.3. The highest BCUT2D eigenvalue weighted by Crippen LogP contribution is 2.20. The van der Waals surface area contributed by atoms with E-state index in [9.17, 15) is 34.5 Å². The summed E-state index contributed by atoms with van der Waals surface area (Å²) in [5.41, 5.74) is 6.59. The average molecular weight is 479 g/mol. The predicted octanol–water partition coefficient (Wildman–Crippen LogP) is -0.656. The van der Waals surface area contributed by atoms with Gasteiger partial charge in [0.1, 0.15) is 17.8 Å². The van der Waals surface area contributed by atoms with Crippen molar-refractivity contribution in [3.63, 3.8) is 0 Å². The predicted molar refractivity (Wildman–Crippen MR) is 123 cm³/mol. The SMILES string of the molecule is CC(C)C(N)C(=O)N1CCCC1C(=O)NC(Cc1ccc(O)cc1)C(=O)NC(C(=O)O)C(C)O. The lowest BCUT2D eigenvalue weighted by Gasteiger charge is -2.29. The van der Waals surface area contributed by atoms with Crippen molar-refractivity contribution < 1.29 is 34.5 Å². The van der Waals surface area contributed by atoms with Crippen LogP contribution in [0.15, 0.2) is 24.3 Å². The Balaban J connectivity index is 2.23. The second-order valence-corrected chi connectivity index (χ2v) is 8.96. The number of phenolic OH excluding ortho intramolecular Hbond substituents is 1. The molecule has 0 spiro atoms. The first-order chi connectivity index (χ1) is 15.9. The Morgan fingerprint density at radius 1 is 1.12 bits per heavy atom. The number of benzene rings is 1. The Morgan fingerprint density at radius 2 is 1.74 bits per heavy atom. The van der Waals surface area contributed by atoms with Gasteiger partial charge in [0.25, 0.3) is 0 Å². The molecule has 0 saturated carbocycles. The number of aromatic hydroxyl groups is 1. The number of hydrogen-bond acceptors (Lipinski definition) is 7. The molecule has 1 fully saturated rings. The number of nitrogens with two attached hydrogens (primary N) is 1. The maximum Gasteiger partial charge on any atom is 0.328 e. The quantitative estimate of drug-likeness (QED) is 0.256. The number of aliphatic hydroxyl groups excluding tert-OH is 1. The number of aliphatic hydroxyl groups is 1. The molecule has 5 atom stereocenters. The molecule has 188 valence electrons. The van der Waals surface area contributed by atoms with Crippen molar-refractivity contribution in [2.75, 3.05) is 6.54 Å². The van der Waals surface area contributed by atoms with E-state index in [4.69, 9.17) is 5.73 Å². The minimum absolute atomic E-state index is 0.00379. The van der Waals surface area contributed by atoms with Crippen molar-refractivity contribution in [2.45, 2.75) is 70.3 Å². The number of nitrogens with one attached hydrogen (secondary N) is 2. The van der Waals surface area contributed by atoms with Crippen LogP contribution in [-0.4, -0.2) is 80.7 Å². The molecule has 0 aromatic heterocycles. The lowest BCUT2D eigenvalue weighted by Crippen LogP contribution is -2.58. The number of carbonyl (C=O) groups excluding carboxylic acids is 3. The van der Waals surface area contributed by atoms with E-state index in [1.807, 2.05) is 13.8 Å². The van der Waals surface area contributed by atoms with Gasteiger partial charge in [0, 0.05) is 13.0 Å². The van der Waals surface area contributed by atoms with E-state index in [1.165, 1.54) is 24.0 Å². The second-order valence-electron chi connectivity index (χ2n) is 8.96. The summed E-state index contributed by atoms with van der Waals surface area (Å²) in [6.07, 6.45) is -0.364. The van der Waals surface area contributed by atoms with Gasteiger partial charge < -0.3 is 36.6 Å². The summed E-state index contributed by atoms with van der Waals surface area (Å²) < 4.78 is 0. The summed E-state index contributed by atoms with van der Waals surface area (Å²) in [5.74, 6) is -3.21. The first-order valence-corrected chi connectivity index (χ1v) is 11.3. The molecule has 34 heavy (non-hydrogen) atoms. The van der Waals surface area contributed by atoms with Gasteiger partial charge in [0.05, 0.1) is 12.1 Å². The number of amides is 3. The summed E-state index contributed by atoms with van der Waals surface area (Å²) in [7, 11) is 0. The van der Waals surface area contributed by atoms with Gasteiger partial charge in [-0.15, -0.1) is 0 Å². The molecule has 3 amide bonds. The molecule has 7 N–H and O–H groups in total. The Hall–Kier alpha value is -3.18. The van der Waals surface area contributed by atoms with Crippen LogP contribution < -0.4 is 16.4 Å². The third kappa shape index (κ3) is 6.91. The number of carboxylic acid groups (broad SMARTS) is 1. The van der Waals surface area contributed by atoms with E-state index in [-0.39, 0.29) is 24.0 Å². The fourth-order valence-electron chi connectivity index (χ4n) is 3.77. The summed E-state index contributed by atoms with van der Waals surface area (Å²) >= 11 is 0. The fraction of sp³-hybridized carbons (Fsp3) is 0.565. The Labute approximate surface area is 198 Å². The van der Waals surface area contributed by atoms with Gasteiger partial charge >= 0.3 is 5.97 Å². The normalized spacial score (nSPS) is 19.2. The van der Waals surface area contributed by atoms with E-state index in [2.05, 4.69) is 10.6 Å². The molecule has 1 aliphatic heterocycles. The molecule has 1 aromatic carbocycles. The minimum Gasteiger partial charge on any atom is -0.508 e. The summed E-state index contributed by atoms with van der Waals surface area (Å²) in [6.45, 7) is 5.22. The van der Waals surface area contributed by atoms with Crippen molar-refractivity contribution in [1.82, 2.24) is 15.5 Å². The number of rotatable bonds is 10. The zero-order chi connectivity index (χ0) is 25.6. The molecule has 0 bridgehead atoms. The lowest BCUT2D eigenvalue weighted by atomic mass is 10.0. The molecule has 1 aliphatic rings. The molecule has 5 unspecified atom stereocenters. The highest BCUT2D eigenvalue weighted by atomic mass is 16.4. The molecule has 1 aromatic rings. The van der Waals surface area contributed by atoms with Crippen LogP contribution in [0, 0.1) is 5.92 Å². The minimum atomic E-state index is -1.57. The van der Waals surface area contributed by atoms with E-state index in [0.29, 0.717) is 24.9 Å². The van der Waals surface area contributed by atoms with E-state index in [0.717, 1.165) is 0 Å². The third-order valence-corrected chi connectivity index (χ3v) is 5.90. The monoisotopic (exact) mass is 478 g/mol. The molecule has 2 rings (SSSR count). The maximum atomic E-state index is 13.1. The zero-order valence-corrected chi connectivity index (χ0v) is 19.6. The molecular weight excluding hydrogens is 444 g/mol. The van der Waals surface area contributed by atoms with Crippen molar-refractivity contribution >= 4 is 23.7 Å². The van der Waals surface area contributed by atoms with Gasteiger partial charge in [0.15, 0.2) is 6.04 Å². The van der Waals surface area contributed by atoms with Crippen molar-refractivity contribution in [3.05, 3.63) is 29.8 Å². The summed E-state index contributed by atoms with van der Waals surface area (Å²) in [5, 5.41) is 33.4. The van der Waals surface area contributed by atoms with Gasteiger partial charge in [0.2, 0.25) is 17.7 Å². The Kier molecular flexibility index (Phi) is 9.39. The van der Waals surface area contributed by atoms with Crippen LogP contribution >= 0.6 is 0 Å². The summed E-state index contributed by atoms with van der Waals surface area (Å²) in [4.78, 5) is 51.7. The van der Waals surface area contributed by atoms with Crippen LogP contribution in [0.4, 0.5) is 0 Å². The standard InChI is InChI=1S/C23H34N4O7/c1-12(2)18(24)22(32)27-10-4-5-17(27)21(31)25-16(11-14-6-8-15(29)9-7-14)20(30)26-19(13(3)28)23(33)34/h6-9,12-13,16-19,28-29H,4-5,10-11,24H2,1-3H3,(H,25,31)(H,26,30)(H,33,34). The van der Waals surface area contributed by atoms with E-state index >= 15 is 0 Å². The molecule has 0 radical (unpaired) electrons. The lowest BCUT2D eigenvalue weighted by molar-refractivity contribution is -0.145. The third-order valence-electron chi connectivity index (χ3n) is 5.90. The van der Waals surface area contributed by atoms with Gasteiger partial charge in [-0.05, 0) is 43.4 Å². The van der Waals surface area contributed by atoms with Gasteiger partial charge in [-0.2, -0.15) is 0 Å². The van der Waals surface area contributed by atoms with E-state index in [1.54, 1.807) is 12.1 Å². The Bertz CT molecular complexity index is 888. The van der Waals surface area contributed by atoms with Gasteiger partial charge in [-0.3, -0.25) is 14.4 Å². The largest absolute Gasteiger partial charge is 0.508 e. The topological polar surface area (TPSA) is 182 Å². The maximum absolute atomic E-state index is 13.1. The Morgan fingerprint density at radius 3 is 2.26 bits per heavy atom. The number of carboxylic acids is 1. The van der Waals surface area contributed by atoms with Crippen molar-refractivity contribution in [1.29, 1.82) is 0 Å². The molecule has 11 heteroatoms. The average Bonchev–Trinajstić information content (AvgIpc) is 3.26. The van der Waals surface area contributed by atoms with Crippen LogP contribution in [-0.2, 0) is 25.6 Å². The van der Waals surface area contributed by atoms with Crippen LogP contribution in [0.2, 0.25) is 0 Å². The van der Waals surface area contributed by atoms with Crippen molar-refractivity contribution in [3.8, 4) is 5.75 Å². The van der Waals surface area contributed by atoms with E-state index < -0.39 is 48.1 Å². The zero-order valence-electron chi connectivity index (χ0n) is 19.6. The van der Waals surface area contributed by atoms with Crippen LogP contribution in [0.1, 0.15) is 39.2 Å². The second kappa shape index (κ2) is 11.8. The number of aliphatic carboxylic acids is 1. The molecule has 11 nitrogen and oxygen atoms in total. The number of hydrogen-bond donors (Lipinski definition) is 6. The number of nitrogens with zero attached hydrogens (tertiary/aromatic N) is 1. The molecule has 1 saturated heterocycles. The van der Waals surface area contributed by atoms with Gasteiger partial charge in [-0.1, -0.05) is 26.0 Å². The number of phenols is 1. The molecular formula is C23H34N4O7. The number of likely N-dealkylation sites (tertiary alicyclic amines) is 1. The number of carbonyl (C=O) groups is 4. The molecule has 1 heterocycles. The van der Waals surface area contributed by atoms with Crippen LogP contribution in [0.5, 0.6) is 5.75 Å². The first kappa shape index (κ1) is 27.1.